The Morgan fingerprint density at radius 2 is 2.22 bits per heavy atom. The fourth-order valence-electron chi connectivity index (χ4n) is 3.11. The zero-order valence-electron chi connectivity index (χ0n) is 15.5. The van der Waals surface area contributed by atoms with Gasteiger partial charge in [0.15, 0.2) is 5.96 Å². The van der Waals surface area contributed by atoms with Gasteiger partial charge in [-0.2, -0.15) is 0 Å². The lowest BCUT2D eigenvalue weighted by Crippen LogP contribution is -2.39. The lowest BCUT2D eigenvalue weighted by molar-refractivity contribution is 0.374. The van der Waals surface area contributed by atoms with Gasteiger partial charge in [-0.05, 0) is 24.7 Å². The fraction of sp³-hybridized carbons (Fsp3) is 0.778. The van der Waals surface area contributed by atoms with Crippen molar-refractivity contribution in [2.45, 2.75) is 59.4 Å². The fourth-order valence-corrected chi connectivity index (χ4v) is 3.11. The first-order valence-corrected chi connectivity index (χ1v) is 8.70. The number of guanidine groups is 1. The summed E-state index contributed by atoms with van der Waals surface area (Å²) in [6.07, 6.45) is 4.38. The van der Waals surface area contributed by atoms with Gasteiger partial charge in [-0.15, -0.1) is 0 Å². The first-order chi connectivity index (χ1) is 10.8. The molecule has 1 fully saturated rings. The smallest absolute Gasteiger partial charge is 0.213 e. The van der Waals surface area contributed by atoms with Crippen molar-refractivity contribution in [1.82, 2.24) is 15.2 Å². The van der Waals surface area contributed by atoms with Crippen LogP contribution in [-0.4, -0.2) is 36.0 Å². The number of hydrogen-bond donors (Lipinski definition) is 1. The number of rotatable bonds is 4. The van der Waals surface area contributed by atoms with Gasteiger partial charge >= 0.3 is 0 Å². The summed E-state index contributed by atoms with van der Waals surface area (Å²) in [5, 5.41) is 3.39. The minimum absolute atomic E-state index is 0.00799. The van der Waals surface area contributed by atoms with E-state index >= 15 is 0 Å². The molecular weight excluding hydrogens is 288 g/mol. The molecule has 0 radical (unpaired) electrons. The summed E-state index contributed by atoms with van der Waals surface area (Å²) in [5.74, 6) is 4.13. The third kappa shape index (κ3) is 4.98. The molecule has 5 heteroatoms. The largest absolute Gasteiger partial charge is 0.443 e. The van der Waals surface area contributed by atoms with E-state index in [1.807, 2.05) is 13.2 Å². The molecule has 130 valence electrons. The van der Waals surface area contributed by atoms with Crippen molar-refractivity contribution in [2.24, 2.45) is 16.8 Å². The predicted octanol–water partition coefficient (Wildman–Crippen LogP) is 3.42. The van der Waals surface area contributed by atoms with Crippen molar-refractivity contribution in [1.29, 1.82) is 0 Å². The van der Waals surface area contributed by atoms with Gasteiger partial charge in [-0.25, -0.2) is 4.98 Å². The van der Waals surface area contributed by atoms with Crippen LogP contribution in [0.2, 0.25) is 0 Å². The minimum atomic E-state index is -0.00799. The molecule has 0 spiro atoms. The SMILES string of the molecule is CN=C(NCc1ncc(C(C)(C)C)o1)N1CCC(CC(C)C)C1. The van der Waals surface area contributed by atoms with Crippen LogP contribution in [0.1, 0.15) is 59.1 Å². The lowest BCUT2D eigenvalue weighted by Gasteiger charge is -2.21. The molecule has 0 aromatic carbocycles. The third-order valence-electron chi connectivity index (χ3n) is 4.29. The lowest BCUT2D eigenvalue weighted by atomic mass is 9.94. The molecule has 1 aliphatic rings. The highest BCUT2D eigenvalue weighted by atomic mass is 16.4. The summed E-state index contributed by atoms with van der Waals surface area (Å²) in [6, 6.07) is 0. The van der Waals surface area contributed by atoms with Crippen molar-refractivity contribution in [3.05, 3.63) is 17.8 Å². The minimum Gasteiger partial charge on any atom is -0.443 e. The number of aromatic nitrogens is 1. The van der Waals surface area contributed by atoms with Crippen LogP contribution in [0.4, 0.5) is 0 Å². The maximum Gasteiger partial charge on any atom is 0.213 e. The molecule has 23 heavy (non-hydrogen) atoms. The molecule has 0 aliphatic carbocycles. The van der Waals surface area contributed by atoms with Gasteiger partial charge in [0, 0.05) is 25.6 Å². The average molecular weight is 320 g/mol. The van der Waals surface area contributed by atoms with Crippen molar-refractivity contribution in [3.63, 3.8) is 0 Å². The molecule has 0 saturated carbocycles. The van der Waals surface area contributed by atoms with Crippen molar-refractivity contribution in [2.75, 3.05) is 20.1 Å². The van der Waals surface area contributed by atoms with Crippen molar-refractivity contribution >= 4 is 5.96 Å². The Hall–Kier alpha value is -1.52. The highest BCUT2D eigenvalue weighted by molar-refractivity contribution is 5.80. The van der Waals surface area contributed by atoms with E-state index in [9.17, 15) is 0 Å². The third-order valence-corrected chi connectivity index (χ3v) is 4.29. The number of aliphatic imine (C=N–C) groups is 1. The second-order valence-corrected chi connectivity index (χ2v) is 8.00. The monoisotopic (exact) mass is 320 g/mol. The normalized spacial score (nSPS) is 19.7. The molecule has 1 saturated heterocycles. The first-order valence-electron chi connectivity index (χ1n) is 8.70. The van der Waals surface area contributed by atoms with Crippen LogP contribution in [0.5, 0.6) is 0 Å². The Morgan fingerprint density at radius 1 is 1.48 bits per heavy atom. The summed E-state index contributed by atoms with van der Waals surface area (Å²) in [6.45, 7) is 13.7. The van der Waals surface area contributed by atoms with Gasteiger partial charge in [0.2, 0.25) is 5.89 Å². The van der Waals surface area contributed by atoms with E-state index in [2.05, 4.69) is 54.8 Å². The Labute approximate surface area is 140 Å². The molecule has 1 aromatic rings. The molecule has 5 nitrogen and oxygen atoms in total. The summed E-state index contributed by atoms with van der Waals surface area (Å²) in [4.78, 5) is 11.1. The molecule has 1 unspecified atom stereocenters. The summed E-state index contributed by atoms with van der Waals surface area (Å²) in [7, 11) is 1.84. The van der Waals surface area contributed by atoms with Crippen LogP contribution < -0.4 is 5.32 Å². The highest BCUT2D eigenvalue weighted by Crippen LogP contribution is 2.24. The molecule has 1 aliphatic heterocycles. The summed E-state index contributed by atoms with van der Waals surface area (Å²) in [5.41, 5.74) is -0.00799. The van der Waals surface area contributed by atoms with Gasteiger partial charge in [0.25, 0.3) is 0 Å². The zero-order chi connectivity index (χ0) is 17.0. The number of oxazole rings is 1. The maximum atomic E-state index is 5.83. The summed E-state index contributed by atoms with van der Waals surface area (Å²) >= 11 is 0. The van der Waals surface area contributed by atoms with E-state index in [1.54, 1.807) is 0 Å². The number of likely N-dealkylation sites (tertiary alicyclic amines) is 1. The Balaban J connectivity index is 1.88. The van der Waals surface area contributed by atoms with Crippen LogP contribution in [0.3, 0.4) is 0 Å². The van der Waals surface area contributed by atoms with Crippen LogP contribution >= 0.6 is 0 Å². The standard InChI is InChI=1S/C18H32N4O/c1-13(2)9-14-7-8-22(12-14)17(19-6)21-11-16-20-10-15(23-16)18(3,4)5/h10,13-14H,7-9,11-12H2,1-6H3,(H,19,21). The summed E-state index contributed by atoms with van der Waals surface area (Å²) < 4.78 is 5.83. The van der Waals surface area contributed by atoms with E-state index in [0.717, 1.165) is 36.6 Å². The van der Waals surface area contributed by atoms with E-state index in [0.29, 0.717) is 12.4 Å². The molecule has 0 bridgehead atoms. The molecule has 2 heterocycles. The molecule has 0 amide bonds. The van der Waals surface area contributed by atoms with Crippen LogP contribution in [-0.2, 0) is 12.0 Å². The Morgan fingerprint density at radius 3 is 2.78 bits per heavy atom. The maximum absolute atomic E-state index is 5.83. The zero-order valence-corrected chi connectivity index (χ0v) is 15.5. The topological polar surface area (TPSA) is 53.7 Å². The van der Waals surface area contributed by atoms with Crippen LogP contribution in [0.25, 0.3) is 0 Å². The molecule has 1 aromatic heterocycles. The quantitative estimate of drug-likeness (QED) is 0.682. The second kappa shape index (κ2) is 7.37. The van der Waals surface area contributed by atoms with Gasteiger partial charge in [0.05, 0.1) is 12.7 Å². The van der Waals surface area contributed by atoms with Crippen LogP contribution in [0.15, 0.2) is 15.6 Å². The number of hydrogen-bond acceptors (Lipinski definition) is 3. The predicted molar refractivity (Wildman–Crippen MR) is 94.5 cm³/mol. The van der Waals surface area contributed by atoms with Gasteiger partial charge in [-0.1, -0.05) is 34.6 Å². The molecule has 2 rings (SSSR count). The second-order valence-electron chi connectivity index (χ2n) is 8.00. The van der Waals surface area contributed by atoms with Crippen molar-refractivity contribution < 1.29 is 4.42 Å². The average Bonchev–Trinajstić information content (AvgIpc) is 3.08. The molecular formula is C18H32N4O. The van der Waals surface area contributed by atoms with Crippen molar-refractivity contribution in [3.8, 4) is 0 Å². The Kier molecular flexibility index (Phi) is 5.71. The number of nitrogens with one attached hydrogen (secondary N) is 1. The van der Waals surface area contributed by atoms with Gasteiger partial charge in [0.1, 0.15) is 5.76 Å². The molecule has 1 atom stereocenters. The van der Waals surface area contributed by atoms with Gasteiger partial charge in [-0.3, -0.25) is 4.99 Å². The Bertz CT molecular complexity index is 527. The van der Waals surface area contributed by atoms with E-state index in [1.165, 1.54) is 12.8 Å². The molecule has 1 N–H and O–H groups in total. The van der Waals surface area contributed by atoms with Gasteiger partial charge < -0.3 is 14.6 Å². The van der Waals surface area contributed by atoms with E-state index in [4.69, 9.17) is 4.42 Å². The van der Waals surface area contributed by atoms with E-state index < -0.39 is 0 Å². The first kappa shape index (κ1) is 17.8. The van der Waals surface area contributed by atoms with E-state index in [-0.39, 0.29) is 5.41 Å². The number of nitrogens with zero attached hydrogens (tertiary/aromatic N) is 3. The highest BCUT2D eigenvalue weighted by Gasteiger charge is 2.25. The van der Waals surface area contributed by atoms with Crippen LogP contribution in [0, 0.1) is 11.8 Å².